The molecule has 1 aliphatic rings. The number of carbonyl (C=O) groups excluding carboxylic acids is 2. The van der Waals surface area contributed by atoms with Crippen LogP contribution in [0.15, 0.2) is 48.7 Å². The molecule has 8 heteroatoms. The number of hydrogen-bond donors (Lipinski definition) is 1. The molecule has 0 bridgehead atoms. The molecule has 0 atom stereocenters. The Labute approximate surface area is 181 Å². The lowest BCUT2D eigenvalue weighted by molar-refractivity contribution is -0.142. The predicted octanol–water partition coefficient (Wildman–Crippen LogP) is 3.24. The summed E-state index contributed by atoms with van der Waals surface area (Å²) in [6.07, 6.45) is 3.15. The van der Waals surface area contributed by atoms with E-state index in [1.165, 1.54) is 4.31 Å². The number of aryl methyl sites for hydroxylation is 1. The van der Waals surface area contributed by atoms with E-state index in [9.17, 15) is 18.0 Å². The van der Waals surface area contributed by atoms with Crippen LogP contribution in [0.4, 0.5) is 5.69 Å². The van der Waals surface area contributed by atoms with Crippen LogP contribution in [0.25, 0.3) is 10.9 Å². The predicted molar refractivity (Wildman–Crippen MR) is 119 cm³/mol. The van der Waals surface area contributed by atoms with Gasteiger partial charge in [-0.1, -0.05) is 18.2 Å². The van der Waals surface area contributed by atoms with Gasteiger partial charge in [0.2, 0.25) is 10.0 Å². The molecule has 1 aliphatic heterocycles. The van der Waals surface area contributed by atoms with E-state index in [2.05, 4.69) is 4.98 Å². The van der Waals surface area contributed by atoms with Crippen molar-refractivity contribution in [1.82, 2.24) is 4.98 Å². The van der Waals surface area contributed by atoms with Gasteiger partial charge in [-0.2, -0.15) is 0 Å². The number of sulfonamides is 1. The van der Waals surface area contributed by atoms with Gasteiger partial charge in [0.25, 0.3) is 0 Å². The van der Waals surface area contributed by atoms with E-state index < -0.39 is 16.0 Å². The zero-order chi connectivity index (χ0) is 22.0. The van der Waals surface area contributed by atoms with Crippen LogP contribution >= 0.6 is 0 Å². The molecule has 1 N–H and O–H groups in total. The first-order valence-electron chi connectivity index (χ1n) is 10.3. The molecule has 2 heterocycles. The number of esters is 1. The van der Waals surface area contributed by atoms with Gasteiger partial charge < -0.3 is 9.72 Å². The van der Waals surface area contributed by atoms with E-state index in [0.717, 1.165) is 22.0 Å². The molecule has 2 aromatic carbocycles. The Morgan fingerprint density at radius 2 is 1.97 bits per heavy atom. The van der Waals surface area contributed by atoms with E-state index in [0.29, 0.717) is 30.6 Å². The van der Waals surface area contributed by atoms with Gasteiger partial charge in [0.1, 0.15) is 0 Å². The Hall–Kier alpha value is -3.13. The quantitative estimate of drug-likeness (QED) is 0.428. The van der Waals surface area contributed by atoms with E-state index >= 15 is 0 Å². The van der Waals surface area contributed by atoms with Crippen LogP contribution in [-0.2, 0) is 32.4 Å². The standard InChI is InChI=1S/C23H24N2O5S/c1-2-31(28,29)25-12-11-16-13-17(7-9-21(16)25)22(26)15-30-23(27)10-8-18-14-24-20-6-4-3-5-19(18)20/h3-7,9,13-14,24H,2,8,10-12,15H2,1H3. The third kappa shape index (κ3) is 4.34. The van der Waals surface area contributed by atoms with Crippen LogP contribution in [0.1, 0.15) is 34.8 Å². The molecule has 1 aromatic heterocycles. The molecule has 162 valence electrons. The molecular weight excluding hydrogens is 416 g/mol. The van der Waals surface area contributed by atoms with Crippen LogP contribution in [0.5, 0.6) is 0 Å². The number of anilines is 1. The normalized spacial score (nSPS) is 13.4. The summed E-state index contributed by atoms with van der Waals surface area (Å²) in [6.45, 7) is 1.66. The number of ether oxygens (including phenoxy) is 1. The summed E-state index contributed by atoms with van der Waals surface area (Å²) < 4.78 is 30.9. The first-order valence-corrected chi connectivity index (χ1v) is 11.9. The van der Waals surface area contributed by atoms with Gasteiger partial charge in [0.15, 0.2) is 12.4 Å². The maximum atomic E-state index is 12.5. The summed E-state index contributed by atoms with van der Waals surface area (Å²) in [7, 11) is -3.33. The number of rotatable bonds is 8. The number of aromatic amines is 1. The number of fused-ring (bicyclic) bond motifs is 2. The van der Waals surface area contributed by atoms with Crippen molar-refractivity contribution in [2.24, 2.45) is 0 Å². The summed E-state index contributed by atoms with van der Waals surface area (Å²) in [6, 6.07) is 12.8. The zero-order valence-corrected chi connectivity index (χ0v) is 18.1. The van der Waals surface area contributed by atoms with Crippen molar-refractivity contribution < 1.29 is 22.7 Å². The second-order valence-electron chi connectivity index (χ2n) is 7.51. The number of H-pyrrole nitrogens is 1. The third-order valence-corrected chi connectivity index (χ3v) is 7.37. The van der Waals surface area contributed by atoms with Crippen LogP contribution in [0.2, 0.25) is 0 Å². The Kier molecular flexibility index (Phi) is 5.82. The molecule has 3 aromatic rings. The van der Waals surface area contributed by atoms with Crippen molar-refractivity contribution in [3.05, 3.63) is 65.4 Å². The Morgan fingerprint density at radius 1 is 1.16 bits per heavy atom. The number of carbonyl (C=O) groups is 2. The second kappa shape index (κ2) is 8.55. The Balaban J connectivity index is 1.33. The Morgan fingerprint density at radius 3 is 2.77 bits per heavy atom. The number of nitrogens with one attached hydrogen (secondary N) is 1. The highest BCUT2D eigenvalue weighted by Gasteiger charge is 2.28. The van der Waals surface area contributed by atoms with Crippen molar-refractivity contribution >= 4 is 38.4 Å². The van der Waals surface area contributed by atoms with Crippen LogP contribution in [0.3, 0.4) is 0 Å². The average Bonchev–Trinajstić information content (AvgIpc) is 3.40. The number of nitrogens with zero attached hydrogens (tertiary/aromatic N) is 1. The number of ketones is 1. The molecule has 4 rings (SSSR count). The van der Waals surface area contributed by atoms with Gasteiger partial charge >= 0.3 is 5.97 Å². The van der Waals surface area contributed by atoms with Crippen molar-refractivity contribution in [1.29, 1.82) is 0 Å². The van der Waals surface area contributed by atoms with Gasteiger partial charge in [0.05, 0.1) is 11.4 Å². The van der Waals surface area contributed by atoms with Crippen LogP contribution in [-0.4, -0.2) is 44.1 Å². The number of para-hydroxylation sites is 1. The third-order valence-electron chi connectivity index (χ3n) is 5.59. The summed E-state index contributed by atoms with van der Waals surface area (Å²) in [5.41, 5.74) is 3.90. The number of hydrogen-bond acceptors (Lipinski definition) is 5. The molecular formula is C23H24N2O5S. The first kappa shape index (κ1) is 21.1. The molecule has 0 unspecified atom stereocenters. The summed E-state index contributed by atoms with van der Waals surface area (Å²) >= 11 is 0. The Bertz CT molecular complexity index is 1250. The van der Waals surface area contributed by atoms with Crippen molar-refractivity contribution in [3.63, 3.8) is 0 Å². The van der Waals surface area contributed by atoms with E-state index in [1.807, 2.05) is 30.5 Å². The molecule has 0 saturated heterocycles. The molecule has 0 radical (unpaired) electrons. The average molecular weight is 441 g/mol. The fraction of sp³-hybridized carbons (Fsp3) is 0.304. The van der Waals surface area contributed by atoms with Gasteiger partial charge in [-0.05, 0) is 55.2 Å². The second-order valence-corrected chi connectivity index (χ2v) is 9.69. The van der Waals surface area contributed by atoms with Gasteiger partial charge in [-0.25, -0.2) is 8.42 Å². The van der Waals surface area contributed by atoms with E-state index in [4.69, 9.17) is 4.74 Å². The van der Waals surface area contributed by atoms with Gasteiger partial charge in [0, 0.05) is 35.6 Å². The molecule has 0 aliphatic carbocycles. The van der Waals surface area contributed by atoms with Crippen LogP contribution in [0, 0.1) is 0 Å². The van der Waals surface area contributed by atoms with Crippen molar-refractivity contribution in [3.8, 4) is 0 Å². The largest absolute Gasteiger partial charge is 0.457 e. The molecule has 0 fully saturated rings. The molecule has 0 spiro atoms. The molecule has 31 heavy (non-hydrogen) atoms. The van der Waals surface area contributed by atoms with Gasteiger partial charge in [-0.3, -0.25) is 13.9 Å². The van der Waals surface area contributed by atoms with E-state index in [-0.39, 0.29) is 24.6 Å². The summed E-state index contributed by atoms with van der Waals surface area (Å²) in [5.74, 6) is -0.707. The maximum Gasteiger partial charge on any atom is 0.306 e. The smallest absolute Gasteiger partial charge is 0.306 e. The number of Topliss-reactive ketones (excluding diaryl/α,β-unsaturated/α-hetero) is 1. The van der Waals surface area contributed by atoms with E-state index in [1.54, 1.807) is 25.1 Å². The summed E-state index contributed by atoms with van der Waals surface area (Å²) in [5, 5.41) is 1.07. The van der Waals surface area contributed by atoms with Crippen LogP contribution < -0.4 is 4.31 Å². The minimum absolute atomic E-state index is 0.0294. The topological polar surface area (TPSA) is 96.5 Å². The lowest BCUT2D eigenvalue weighted by Crippen LogP contribution is -2.30. The maximum absolute atomic E-state index is 12.5. The fourth-order valence-electron chi connectivity index (χ4n) is 3.87. The lowest BCUT2D eigenvalue weighted by atomic mass is 10.1. The summed E-state index contributed by atoms with van der Waals surface area (Å²) in [4.78, 5) is 27.8. The highest BCUT2D eigenvalue weighted by atomic mass is 32.2. The van der Waals surface area contributed by atoms with Crippen molar-refractivity contribution in [2.75, 3.05) is 23.2 Å². The SMILES string of the molecule is CCS(=O)(=O)N1CCc2cc(C(=O)COC(=O)CCc3c[nH]c4ccccc34)ccc21. The van der Waals surface area contributed by atoms with Crippen molar-refractivity contribution in [2.45, 2.75) is 26.2 Å². The molecule has 7 nitrogen and oxygen atoms in total. The monoisotopic (exact) mass is 440 g/mol. The number of benzene rings is 2. The number of aromatic nitrogens is 1. The first-order chi connectivity index (χ1) is 14.9. The highest BCUT2D eigenvalue weighted by Crippen LogP contribution is 2.31. The minimum atomic E-state index is -3.33. The molecule has 0 saturated carbocycles. The highest BCUT2D eigenvalue weighted by molar-refractivity contribution is 7.92. The lowest BCUT2D eigenvalue weighted by Gasteiger charge is -2.18. The van der Waals surface area contributed by atoms with Gasteiger partial charge in [-0.15, -0.1) is 0 Å². The fourth-order valence-corrected chi connectivity index (χ4v) is 5.03. The minimum Gasteiger partial charge on any atom is -0.457 e. The zero-order valence-electron chi connectivity index (χ0n) is 17.3. The molecule has 0 amide bonds.